The number of nitrogens with two attached hydrogens (primary N) is 1. The van der Waals surface area contributed by atoms with Crippen LogP contribution < -0.4 is 11.1 Å². The topological polar surface area (TPSA) is 75.3 Å². The van der Waals surface area contributed by atoms with E-state index in [1.807, 2.05) is 36.4 Å². The molecular formula is C22H22N2O2. The summed E-state index contributed by atoms with van der Waals surface area (Å²) in [5.41, 5.74) is 8.90. The lowest BCUT2D eigenvalue weighted by Crippen LogP contribution is -2.26. The number of hydrogen-bond acceptors (Lipinski definition) is 3. The number of nitrogen functional groups attached to an aromatic ring is 1. The van der Waals surface area contributed by atoms with Gasteiger partial charge in [-0.1, -0.05) is 60.7 Å². The van der Waals surface area contributed by atoms with Crippen LogP contribution in [0.4, 0.5) is 5.69 Å². The van der Waals surface area contributed by atoms with Gasteiger partial charge in [0.25, 0.3) is 5.91 Å². The summed E-state index contributed by atoms with van der Waals surface area (Å²) in [7, 11) is 0. The largest absolute Gasteiger partial charge is 0.508 e. The second kappa shape index (κ2) is 8.21. The van der Waals surface area contributed by atoms with Crippen LogP contribution in [-0.4, -0.2) is 17.6 Å². The maximum absolute atomic E-state index is 12.4. The summed E-state index contributed by atoms with van der Waals surface area (Å²) in [6.07, 6.45) is 0.762. The lowest BCUT2D eigenvalue weighted by molar-refractivity contribution is 0.0953. The van der Waals surface area contributed by atoms with Gasteiger partial charge in [-0.3, -0.25) is 4.79 Å². The third kappa shape index (κ3) is 4.22. The predicted molar refractivity (Wildman–Crippen MR) is 104 cm³/mol. The van der Waals surface area contributed by atoms with E-state index in [1.54, 1.807) is 0 Å². The number of hydrogen-bond donors (Lipinski definition) is 3. The van der Waals surface area contributed by atoms with Gasteiger partial charge in [-0.05, 0) is 35.7 Å². The van der Waals surface area contributed by atoms with Gasteiger partial charge in [0.1, 0.15) is 5.75 Å². The van der Waals surface area contributed by atoms with Crippen LogP contribution in [-0.2, 0) is 0 Å². The molecule has 0 unspecified atom stereocenters. The summed E-state index contributed by atoms with van der Waals surface area (Å²) in [6, 6.07) is 24.9. The van der Waals surface area contributed by atoms with Crippen LogP contribution >= 0.6 is 0 Å². The highest BCUT2D eigenvalue weighted by Gasteiger charge is 2.15. The highest BCUT2D eigenvalue weighted by Crippen LogP contribution is 2.27. The molecule has 0 fully saturated rings. The normalized spacial score (nSPS) is 10.7. The standard InChI is InChI=1S/C22H22N2O2/c23-21-12-11-18(25)15-20(21)22(26)24-14-13-19(16-7-3-1-4-8-16)17-9-5-2-6-10-17/h1-12,15,19,25H,13-14,23H2,(H,24,26). The molecule has 0 aliphatic heterocycles. The molecule has 0 saturated heterocycles. The molecule has 3 aromatic rings. The summed E-state index contributed by atoms with van der Waals surface area (Å²) in [5.74, 6) is -0.0618. The van der Waals surface area contributed by atoms with Crippen LogP contribution in [0.5, 0.6) is 5.75 Å². The monoisotopic (exact) mass is 346 g/mol. The maximum atomic E-state index is 12.4. The summed E-state index contributed by atoms with van der Waals surface area (Å²) in [5, 5.41) is 12.5. The van der Waals surface area contributed by atoms with E-state index in [1.165, 1.54) is 29.3 Å². The van der Waals surface area contributed by atoms with Crippen LogP contribution in [0.2, 0.25) is 0 Å². The molecule has 0 atom stereocenters. The number of phenolic OH excluding ortho intramolecular Hbond substituents is 1. The molecule has 0 bridgehead atoms. The van der Waals surface area contributed by atoms with Gasteiger partial charge in [0.15, 0.2) is 0 Å². The Morgan fingerprint density at radius 1 is 0.923 bits per heavy atom. The number of aromatic hydroxyl groups is 1. The molecule has 0 spiro atoms. The molecule has 4 nitrogen and oxygen atoms in total. The second-order valence-corrected chi connectivity index (χ2v) is 6.19. The van der Waals surface area contributed by atoms with Crippen molar-refractivity contribution in [2.75, 3.05) is 12.3 Å². The first-order valence-corrected chi connectivity index (χ1v) is 8.61. The lowest BCUT2D eigenvalue weighted by atomic mass is 9.88. The zero-order chi connectivity index (χ0) is 18.4. The van der Waals surface area contributed by atoms with E-state index in [2.05, 4.69) is 29.6 Å². The summed E-state index contributed by atoms with van der Waals surface area (Å²) in [6.45, 7) is 0.502. The number of rotatable bonds is 6. The van der Waals surface area contributed by atoms with E-state index >= 15 is 0 Å². The molecule has 4 heteroatoms. The van der Waals surface area contributed by atoms with E-state index in [4.69, 9.17) is 5.73 Å². The Bertz CT molecular complexity index is 824. The zero-order valence-electron chi connectivity index (χ0n) is 14.4. The molecule has 0 aliphatic carbocycles. The van der Waals surface area contributed by atoms with Crippen molar-refractivity contribution < 1.29 is 9.90 Å². The van der Waals surface area contributed by atoms with Crippen molar-refractivity contribution in [1.29, 1.82) is 0 Å². The Morgan fingerprint density at radius 3 is 2.08 bits per heavy atom. The Kier molecular flexibility index (Phi) is 5.54. The Balaban J connectivity index is 1.71. The smallest absolute Gasteiger partial charge is 0.253 e. The number of amides is 1. The second-order valence-electron chi connectivity index (χ2n) is 6.19. The van der Waals surface area contributed by atoms with E-state index in [9.17, 15) is 9.90 Å². The number of benzene rings is 3. The number of phenols is 1. The number of carbonyl (C=O) groups excluding carboxylic acids is 1. The molecule has 3 rings (SSSR count). The van der Waals surface area contributed by atoms with Crippen molar-refractivity contribution >= 4 is 11.6 Å². The number of carbonyl (C=O) groups is 1. The molecule has 3 aromatic carbocycles. The van der Waals surface area contributed by atoms with Crippen LogP contribution in [0.1, 0.15) is 33.8 Å². The predicted octanol–water partition coefficient (Wildman–Crippen LogP) is 3.93. The Labute approximate surface area is 153 Å². The van der Waals surface area contributed by atoms with Gasteiger partial charge in [0.05, 0.1) is 5.56 Å². The molecule has 1 amide bonds. The van der Waals surface area contributed by atoms with E-state index in [0.29, 0.717) is 17.8 Å². The molecule has 132 valence electrons. The maximum Gasteiger partial charge on any atom is 0.253 e. The molecule has 26 heavy (non-hydrogen) atoms. The molecule has 0 aromatic heterocycles. The van der Waals surface area contributed by atoms with Crippen molar-refractivity contribution in [3.05, 3.63) is 95.6 Å². The van der Waals surface area contributed by atoms with Crippen molar-refractivity contribution in [2.24, 2.45) is 0 Å². The Morgan fingerprint density at radius 2 is 1.50 bits per heavy atom. The van der Waals surface area contributed by atoms with Gasteiger partial charge in [0, 0.05) is 18.2 Å². The van der Waals surface area contributed by atoms with Gasteiger partial charge in [-0.15, -0.1) is 0 Å². The summed E-state index contributed by atoms with van der Waals surface area (Å²) < 4.78 is 0. The first-order valence-electron chi connectivity index (χ1n) is 8.61. The van der Waals surface area contributed by atoms with Gasteiger partial charge in [-0.2, -0.15) is 0 Å². The SMILES string of the molecule is Nc1ccc(O)cc1C(=O)NCCC(c1ccccc1)c1ccccc1. The van der Waals surface area contributed by atoms with Crippen LogP contribution in [0.3, 0.4) is 0 Å². The molecule has 4 N–H and O–H groups in total. The molecule has 0 aliphatic rings. The zero-order valence-corrected chi connectivity index (χ0v) is 14.4. The lowest BCUT2D eigenvalue weighted by Gasteiger charge is -2.18. The van der Waals surface area contributed by atoms with E-state index < -0.39 is 0 Å². The summed E-state index contributed by atoms with van der Waals surface area (Å²) >= 11 is 0. The van der Waals surface area contributed by atoms with E-state index in [0.717, 1.165) is 6.42 Å². The summed E-state index contributed by atoms with van der Waals surface area (Å²) in [4.78, 5) is 12.4. The highest BCUT2D eigenvalue weighted by molar-refractivity contribution is 5.99. The van der Waals surface area contributed by atoms with Gasteiger partial charge in [-0.25, -0.2) is 0 Å². The van der Waals surface area contributed by atoms with Gasteiger partial charge >= 0.3 is 0 Å². The van der Waals surface area contributed by atoms with Gasteiger partial charge in [0.2, 0.25) is 0 Å². The van der Waals surface area contributed by atoms with Crippen molar-refractivity contribution in [1.82, 2.24) is 5.32 Å². The Hall–Kier alpha value is -3.27. The number of nitrogens with one attached hydrogen (secondary N) is 1. The molecule has 0 saturated carbocycles. The molecule has 0 radical (unpaired) electrons. The van der Waals surface area contributed by atoms with Gasteiger partial charge < -0.3 is 16.2 Å². The first kappa shape index (κ1) is 17.5. The third-order valence-electron chi connectivity index (χ3n) is 4.40. The number of anilines is 1. The molecule has 0 heterocycles. The minimum Gasteiger partial charge on any atom is -0.508 e. The van der Waals surface area contributed by atoms with Crippen molar-refractivity contribution in [2.45, 2.75) is 12.3 Å². The van der Waals surface area contributed by atoms with Crippen molar-refractivity contribution in [3.63, 3.8) is 0 Å². The fourth-order valence-corrected chi connectivity index (χ4v) is 3.06. The average molecular weight is 346 g/mol. The van der Waals surface area contributed by atoms with Crippen LogP contribution in [0, 0.1) is 0 Å². The van der Waals surface area contributed by atoms with Crippen LogP contribution in [0.15, 0.2) is 78.9 Å². The fourth-order valence-electron chi connectivity index (χ4n) is 3.06. The fraction of sp³-hybridized carbons (Fsp3) is 0.136. The quantitative estimate of drug-likeness (QED) is 0.468. The third-order valence-corrected chi connectivity index (χ3v) is 4.40. The average Bonchev–Trinajstić information content (AvgIpc) is 2.68. The highest BCUT2D eigenvalue weighted by atomic mass is 16.3. The van der Waals surface area contributed by atoms with E-state index in [-0.39, 0.29) is 17.6 Å². The minimum absolute atomic E-state index is 0.0239. The van der Waals surface area contributed by atoms with Crippen molar-refractivity contribution in [3.8, 4) is 5.75 Å². The minimum atomic E-state index is -0.279. The van der Waals surface area contributed by atoms with Crippen LogP contribution in [0.25, 0.3) is 0 Å². The first-order chi connectivity index (χ1) is 12.6. The molecular weight excluding hydrogens is 324 g/mol.